The van der Waals surface area contributed by atoms with E-state index in [-0.39, 0.29) is 5.54 Å². The minimum Gasteiger partial charge on any atom is -0.468 e. The van der Waals surface area contributed by atoms with Crippen LogP contribution in [0.3, 0.4) is 0 Å². The molecule has 2 rings (SSSR count). The standard InChI is InChI=1S/C14H25N3O/c1-3-17-8-6-14(12-15,7-9-17)16(2)11-13-5-4-10-18-13/h4-5,10H,3,6-9,11-12,15H2,1-2H3. The lowest BCUT2D eigenvalue weighted by Gasteiger charge is -2.46. The van der Waals surface area contributed by atoms with Crippen LogP contribution in [-0.2, 0) is 6.54 Å². The van der Waals surface area contributed by atoms with Crippen LogP contribution in [0.5, 0.6) is 0 Å². The lowest BCUT2D eigenvalue weighted by atomic mass is 9.86. The van der Waals surface area contributed by atoms with E-state index in [4.69, 9.17) is 10.2 Å². The summed E-state index contributed by atoms with van der Waals surface area (Å²) in [6.45, 7) is 7.23. The molecule has 0 bridgehead atoms. The fraction of sp³-hybridized carbons (Fsp3) is 0.714. The van der Waals surface area contributed by atoms with Gasteiger partial charge in [0.25, 0.3) is 0 Å². The quantitative estimate of drug-likeness (QED) is 0.862. The van der Waals surface area contributed by atoms with Crippen molar-refractivity contribution in [3.05, 3.63) is 24.2 Å². The van der Waals surface area contributed by atoms with Crippen molar-refractivity contribution < 1.29 is 4.42 Å². The smallest absolute Gasteiger partial charge is 0.117 e. The van der Waals surface area contributed by atoms with Crippen LogP contribution in [0.2, 0.25) is 0 Å². The molecule has 4 nitrogen and oxygen atoms in total. The number of rotatable bonds is 5. The molecule has 0 atom stereocenters. The topological polar surface area (TPSA) is 45.6 Å². The summed E-state index contributed by atoms with van der Waals surface area (Å²) in [6.07, 6.45) is 4.03. The van der Waals surface area contributed by atoms with E-state index in [0.717, 1.165) is 51.3 Å². The van der Waals surface area contributed by atoms with Crippen molar-refractivity contribution in [2.24, 2.45) is 5.73 Å². The fourth-order valence-corrected chi connectivity index (χ4v) is 2.83. The van der Waals surface area contributed by atoms with E-state index in [1.807, 2.05) is 12.1 Å². The first-order valence-corrected chi connectivity index (χ1v) is 6.86. The highest BCUT2D eigenvalue weighted by molar-refractivity contribution is 5.02. The number of piperidine rings is 1. The average molecular weight is 251 g/mol. The summed E-state index contributed by atoms with van der Waals surface area (Å²) in [5.74, 6) is 1.02. The highest BCUT2D eigenvalue weighted by Gasteiger charge is 2.36. The molecule has 0 aliphatic carbocycles. The van der Waals surface area contributed by atoms with Gasteiger partial charge in [-0.15, -0.1) is 0 Å². The number of likely N-dealkylation sites (tertiary alicyclic amines) is 1. The Balaban J connectivity index is 1.99. The summed E-state index contributed by atoms with van der Waals surface area (Å²) in [4.78, 5) is 4.87. The van der Waals surface area contributed by atoms with Gasteiger partial charge in [-0.05, 0) is 51.7 Å². The molecule has 1 fully saturated rings. The summed E-state index contributed by atoms with van der Waals surface area (Å²) >= 11 is 0. The molecule has 102 valence electrons. The van der Waals surface area contributed by atoms with Gasteiger partial charge in [0.2, 0.25) is 0 Å². The zero-order valence-electron chi connectivity index (χ0n) is 11.6. The minimum absolute atomic E-state index is 0.137. The minimum atomic E-state index is 0.137. The lowest BCUT2D eigenvalue weighted by molar-refractivity contribution is 0.0377. The molecular weight excluding hydrogens is 226 g/mol. The van der Waals surface area contributed by atoms with Crippen LogP contribution in [0.4, 0.5) is 0 Å². The van der Waals surface area contributed by atoms with E-state index in [1.165, 1.54) is 0 Å². The molecular formula is C14H25N3O. The third-order valence-electron chi connectivity index (χ3n) is 4.40. The molecule has 4 heteroatoms. The summed E-state index contributed by atoms with van der Waals surface area (Å²) in [5.41, 5.74) is 6.20. The van der Waals surface area contributed by atoms with Crippen LogP contribution in [0, 0.1) is 0 Å². The normalized spacial score (nSPS) is 20.4. The second kappa shape index (κ2) is 5.87. The summed E-state index contributed by atoms with van der Waals surface area (Å²) in [6, 6.07) is 3.97. The molecule has 1 saturated heterocycles. The summed E-state index contributed by atoms with van der Waals surface area (Å²) in [7, 11) is 2.16. The van der Waals surface area contributed by atoms with Crippen molar-refractivity contribution >= 4 is 0 Å². The van der Waals surface area contributed by atoms with Gasteiger partial charge in [0.15, 0.2) is 0 Å². The number of furan rings is 1. The molecule has 1 aliphatic heterocycles. The Labute approximate surface area is 110 Å². The van der Waals surface area contributed by atoms with Crippen molar-refractivity contribution in [2.75, 3.05) is 33.2 Å². The molecule has 2 heterocycles. The van der Waals surface area contributed by atoms with Crippen molar-refractivity contribution in [2.45, 2.75) is 31.8 Å². The maximum absolute atomic E-state index is 6.06. The highest BCUT2D eigenvalue weighted by atomic mass is 16.3. The largest absolute Gasteiger partial charge is 0.468 e. The predicted octanol–water partition coefficient (Wildman–Crippen LogP) is 1.52. The molecule has 0 unspecified atom stereocenters. The first-order chi connectivity index (χ1) is 8.70. The van der Waals surface area contributed by atoms with E-state index in [2.05, 4.69) is 23.8 Å². The van der Waals surface area contributed by atoms with Gasteiger partial charge in [0.05, 0.1) is 12.8 Å². The summed E-state index contributed by atoms with van der Waals surface area (Å²) in [5, 5.41) is 0. The number of nitrogens with zero attached hydrogens (tertiary/aromatic N) is 2. The Hall–Kier alpha value is -0.840. The predicted molar refractivity (Wildman–Crippen MR) is 73.3 cm³/mol. The Bertz CT molecular complexity index is 342. The van der Waals surface area contributed by atoms with Crippen LogP contribution in [-0.4, -0.2) is 48.6 Å². The van der Waals surface area contributed by atoms with Crippen LogP contribution in [0.15, 0.2) is 22.8 Å². The van der Waals surface area contributed by atoms with E-state index < -0.39 is 0 Å². The molecule has 0 aromatic carbocycles. The number of likely N-dealkylation sites (N-methyl/N-ethyl adjacent to an activating group) is 1. The van der Waals surface area contributed by atoms with E-state index in [1.54, 1.807) is 6.26 Å². The number of hydrogen-bond donors (Lipinski definition) is 1. The molecule has 2 N–H and O–H groups in total. The number of hydrogen-bond acceptors (Lipinski definition) is 4. The maximum atomic E-state index is 6.06. The third-order valence-corrected chi connectivity index (χ3v) is 4.40. The van der Waals surface area contributed by atoms with Gasteiger partial charge < -0.3 is 15.1 Å². The number of nitrogens with two attached hydrogens (primary N) is 1. The van der Waals surface area contributed by atoms with Gasteiger partial charge in [-0.1, -0.05) is 6.92 Å². The van der Waals surface area contributed by atoms with Gasteiger partial charge in [-0.25, -0.2) is 0 Å². The molecule has 18 heavy (non-hydrogen) atoms. The Morgan fingerprint density at radius 2 is 2.17 bits per heavy atom. The van der Waals surface area contributed by atoms with Crippen molar-refractivity contribution in [3.63, 3.8) is 0 Å². The molecule has 1 aromatic heterocycles. The maximum Gasteiger partial charge on any atom is 0.117 e. The fourth-order valence-electron chi connectivity index (χ4n) is 2.83. The van der Waals surface area contributed by atoms with Crippen LogP contribution in [0.25, 0.3) is 0 Å². The molecule has 0 radical (unpaired) electrons. The molecule has 0 spiro atoms. The van der Waals surface area contributed by atoms with Gasteiger partial charge in [0, 0.05) is 12.1 Å². The second-order valence-corrected chi connectivity index (χ2v) is 5.30. The molecule has 0 amide bonds. The zero-order valence-corrected chi connectivity index (χ0v) is 11.6. The molecule has 1 aromatic rings. The van der Waals surface area contributed by atoms with E-state index in [9.17, 15) is 0 Å². The van der Waals surface area contributed by atoms with Crippen LogP contribution in [0.1, 0.15) is 25.5 Å². The second-order valence-electron chi connectivity index (χ2n) is 5.30. The van der Waals surface area contributed by atoms with E-state index >= 15 is 0 Å². The third kappa shape index (κ3) is 2.76. The highest BCUT2D eigenvalue weighted by Crippen LogP contribution is 2.28. The lowest BCUT2D eigenvalue weighted by Crippen LogP contribution is -2.57. The first kappa shape index (κ1) is 13.6. The van der Waals surface area contributed by atoms with Gasteiger partial charge in [0.1, 0.15) is 5.76 Å². The zero-order chi connectivity index (χ0) is 13.0. The van der Waals surface area contributed by atoms with Crippen LogP contribution >= 0.6 is 0 Å². The Morgan fingerprint density at radius 3 is 2.67 bits per heavy atom. The Morgan fingerprint density at radius 1 is 1.44 bits per heavy atom. The van der Waals surface area contributed by atoms with Crippen molar-refractivity contribution in [1.82, 2.24) is 9.80 Å². The molecule has 1 aliphatic rings. The van der Waals surface area contributed by atoms with Gasteiger partial charge in [-0.3, -0.25) is 4.90 Å². The average Bonchev–Trinajstić information content (AvgIpc) is 2.91. The molecule has 0 saturated carbocycles. The van der Waals surface area contributed by atoms with E-state index in [0.29, 0.717) is 0 Å². The van der Waals surface area contributed by atoms with Crippen molar-refractivity contribution in [1.29, 1.82) is 0 Å². The Kier molecular flexibility index (Phi) is 4.43. The SMILES string of the molecule is CCN1CCC(CN)(N(C)Cc2ccco2)CC1. The van der Waals surface area contributed by atoms with Gasteiger partial charge >= 0.3 is 0 Å². The monoisotopic (exact) mass is 251 g/mol. The summed E-state index contributed by atoms with van der Waals surface area (Å²) < 4.78 is 5.43. The first-order valence-electron chi connectivity index (χ1n) is 6.86. The van der Waals surface area contributed by atoms with Crippen molar-refractivity contribution in [3.8, 4) is 0 Å². The van der Waals surface area contributed by atoms with Crippen LogP contribution < -0.4 is 5.73 Å². The van der Waals surface area contributed by atoms with Gasteiger partial charge in [-0.2, -0.15) is 0 Å².